The first-order valence-electron chi connectivity index (χ1n) is 5.93. The molecule has 0 unspecified atom stereocenters. The normalized spacial score (nSPS) is 11.0. The summed E-state index contributed by atoms with van der Waals surface area (Å²) < 4.78 is 5.51. The van der Waals surface area contributed by atoms with E-state index < -0.39 is 0 Å². The van der Waals surface area contributed by atoms with Crippen molar-refractivity contribution in [2.75, 3.05) is 0 Å². The molecule has 0 fully saturated rings. The average Bonchev–Trinajstić information content (AvgIpc) is 2.75. The van der Waals surface area contributed by atoms with Gasteiger partial charge in [0.15, 0.2) is 0 Å². The van der Waals surface area contributed by atoms with Crippen molar-refractivity contribution in [2.45, 2.75) is 32.9 Å². The van der Waals surface area contributed by atoms with Crippen LogP contribution in [0.15, 0.2) is 41.3 Å². The van der Waals surface area contributed by atoms with Crippen molar-refractivity contribution in [3.8, 4) is 0 Å². The molecule has 2 heterocycles. The Bertz CT molecular complexity index is 448. The highest BCUT2D eigenvalue weighted by molar-refractivity contribution is 5.26. The summed E-state index contributed by atoms with van der Waals surface area (Å²) in [6.45, 7) is 5.04. The Kier molecular flexibility index (Phi) is 3.94. The second-order valence-electron chi connectivity index (χ2n) is 4.44. The Morgan fingerprint density at radius 2 is 2.00 bits per heavy atom. The van der Waals surface area contributed by atoms with Crippen molar-refractivity contribution >= 4 is 0 Å². The van der Waals surface area contributed by atoms with Crippen LogP contribution in [0.2, 0.25) is 0 Å². The minimum Gasteiger partial charge on any atom is -0.468 e. The van der Waals surface area contributed by atoms with Crippen LogP contribution in [0.5, 0.6) is 0 Å². The van der Waals surface area contributed by atoms with Crippen molar-refractivity contribution in [2.24, 2.45) is 0 Å². The van der Waals surface area contributed by atoms with Gasteiger partial charge in [0, 0.05) is 24.9 Å². The Morgan fingerprint density at radius 1 is 1.24 bits per heavy atom. The van der Waals surface area contributed by atoms with Crippen LogP contribution in [-0.2, 0) is 13.0 Å². The van der Waals surface area contributed by atoms with Crippen LogP contribution in [-0.4, -0.2) is 11.0 Å². The largest absolute Gasteiger partial charge is 0.468 e. The van der Waals surface area contributed by atoms with Crippen LogP contribution < -0.4 is 5.32 Å². The zero-order chi connectivity index (χ0) is 12.1. The molecule has 0 bridgehead atoms. The smallest absolute Gasteiger partial charge is 0.121 e. The maximum absolute atomic E-state index is 5.51. The zero-order valence-electron chi connectivity index (χ0n) is 10.3. The number of hydrogen-bond acceptors (Lipinski definition) is 3. The van der Waals surface area contributed by atoms with Gasteiger partial charge in [-0.2, -0.15) is 0 Å². The van der Waals surface area contributed by atoms with Crippen molar-refractivity contribution < 1.29 is 4.42 Å². The molecular formula is C14H18N2O. The SMILES string of the molecule is CC(C)NCc1occc1Cc1ccncc1. The lowest BCUT2D eigenvalue weighted by molar-refractivity contribution is 0.461. The molecule has 0 aliphatic carbocycles. The summed E-state index contributed by atoms with van der Waals surface area (Å²) >= 11 is 0. The summed E-state index contributed by atoms with van der Waals surface area (Å²) in [5.41, 5.74) is 2.50. The van der Waals surface area contributed by atoms with Crippen molar-refractivity contribution in [1.29, 1.82) is 0 Å². The van der Waals surface area contributed by atoms with Crippen LogP contribution in [0, 0.1) is 0 Å². The predicted octanol–water partition coefficient (Wildman–Crippen LogP) is 2.76. The summed E-state index contributed by atoms with van der Waals surface area (Å²) in [6, 6.07) is 6.57. The molecule has 90 valence electrons. The third-order valence-corrected chi connectivity index (χ3v) is 2.65. The molecule has 0 saturated heterocycles. The molecule has 0 saturated carbocycles. The Morgan fingerprint density at radius 3 is 2.71 bits per heavy atom. The van der Waals surface area contributed by atoms with Gasteiger partial charge in [0.05, 0.1) is 12.8 Å². The first-order valence-corrected chi connectivity index (χ1v) is 5.93. The molecule has 17 heavy (non-hydrogen) atoms. The molecule has 3 heteroatoms. The monoisotopic (exact) mass is 230 g/mol. The first kappa shape index (κ1) is 11.9. The number of aromatic nitrogens is 1. The maximum atomic E-state index is 5.51. The number of rotatable bonds is 5. The lowest BCUT2D eigenvalue weighted by atomic mass is 10.1. The highest BCUT2D eigenvalue weighted by Gasteiger charge is 2.07. The van der Waals surface area contributed by atoms with Gasteiger partial charge in [-0.3, -0.25) is 4.98 Å². The summed E-state index contributed by atoms with van der Waals surface area (Å²) in [5.74, 6) is 1.02. The molecule has 2 rings (SSSR count). The summed E-state index contributed by atoms with van der Waals surface area (Å²) in [6.07, 6.45) is 6.30. The third-order valence-electron chi connectivity index (χ3n) is 2.65. The number of nitrogens with one attached hydrogen (secondary N) is 1. The zero-order valence-corrected chi connectivity index (χ0v) is 10.3. The lowest BCUT2D eigenvalue weighted by Gasteiger charge is -2.07. The van der Waals surface area contributed by atoms with Gasteiger partial charge in [0.2, 0.25) is 0 Å². The second kappa shape index (κ2) is 5.64. The number of pyridine rings is 1. The van der Waals surface area contributed by atoms with E-state index in [1.54, 1.807) is 6.26 Å². The van der Waals surface area contributed by atoms with Crippen LogP contribution >= 0.6 is 0 Å². The fourth-order valence-corrected chi connectivity index (χ4v) is 1.70. The molecule has 0 atom stereocenters. The van der Waals surface area contributed by atoms with Crippen LogP contribution in [0.3, 0.4) is 0 Å². The first-order chi connectivity index (χ1) is 8.25. The van der Waals surface area contributed by atoms with Gasteiger partial charge in [-0.15, -0.1) is 0 Å². The molecule has 0 amide bonds. The average molecular weight is 230 g/mol. The fraction of sp³-hybridized carbons (Fsp3) is 0.357. The van der Waals surface area contributed by atoms with E-state index in [1.165, 1.54) is 11.1 Å². The van der Waals surface area contributed by atoms with E-state index in [2.05, 4.69) is 24.1 Å². The van der Waals surface area contributed by atoms with Gasteiger partial charge in [-0.25, -0.2) is 0 Å². The van der Waals surface area contributed by atoms with Gasteiger partial charge in [-0.05, 0) is 29.3 Å². The van der Waals surface area contributed by atoms with Gasteiger partial charge in [0.1, 0.15) is 5.76 Å². The third kappa shape index (κ3) is 3.43. The molecule has 0 spiro atoms. The maximum Gasteiger partial charge on any atom is 0.121 e. The molecule has 0 aliphatic rings. The van der Waals surface area contributed by atoms with Gasteiger partial charge in [0.25, 0.3) is 0 Å². The van der Waals surface area contributed by atoms with Crippen molar-refractivity contribution in [3.63, 3.8) is 0 Å². The summed E-state index contributed by atoms with van der Waals surface area (Å²) in [7, 11) is 0. The molecular weight excluding hydrogens is 212 g/mol. The molecule has 2 aromatic rings. The summed E-state index contributed by atoms with van der Waals surface area (Å²) in [4.78, 5) is 4.02. The molecule has 0 aliphatic heterocycles. The van der Waals surface area contributed by atoms with Crippen LogP contribution in [0.1, 0.15) is 30.7 Å². The van der Waals surface area contributed by atoms with E-state index in [1.807, 2.05) is 30.6 Å². The van der Waals surface area contributed by atoms with Crippen molar-refractivity contribution in [3.05, 3.63) is 53.7 Å². The Hall–Kier alpha value is -1.61. The van der Waals surface area contributed by atoms with E-state index >= 15 is 0 Å². The number of hydrogen-bond donors (Lipinski definition) is 1. The van der Waals surface area contributed by atoms with Gasteiger partial charge >= 0.3 is 0 Å². The topological polar surface area (TPSA) is 38.1 Å². The van der Waals surface area contributed by atoms with Crippen molar-refractivity contribution in [1.82, 2.24) is 10.3 Å². The number of nitrogens with zero attached hydrogens (tertiary/aromatic N) is 1. The number of furan rings is 1. The van der Waals surface area contributed by atoms with E-state index in [4.69, 9.17) is 4.42 Å². The molecule has 3 nitrogen and oxygen atoms in total. The Labute approximate surface area is 102 Å². The predicted molar refractivity (Wildman–Crippen MR) is 67.7 cm³/mol. The van der Waals surface area contributed by atoms with E-state index in [0.29, 0.717) is 6.04 Å². The lowest BCUT2D eigenvalue weighted by Crippen LogP contribution is -2.22. The van der Waals surface area contributed by atoms with Gasteiger partial charge in [-0.1, -0.05) is 13.8 Å². The Balaban J connectivity index is 2.04. The standard InChI is InChI=1S/C14H18N2O/c1-11(2)16-10-14-13(5-8-17-14)9-12-3-6-15-7-4-12/h3-8,11,16H,9-10H2,1-2H3. The quantitative estimate of drug-likeness (QED) is 0.858. The molecule has 0 aromatic carbocycles. The van der Waals surface area contributed by atoms with E-state index in [-0.39, 0.29) is 0 Å². The minimum absolute atomic E-state index is 0.467. The fourth-order valence-electron chi connectivity index (χ4n) is 1.70. The van der Waals surface area contributed by atoms with E-state index in [9.17, 15) is 0 Å². The molecule has 2 aromatic heterocycles. The van der Waals surface area contributed by atoms with E-state index in [0.717, 1.165) is 18.7 Å². The highest BCUT2D eigenvalue weighted by Crippen LogP contribution is 2.15. The second-order valence-corrected chi connectivity index (χ2v) is 4.44. The molecule has 1 N–H and O–H groups in total. The van der Waals surface area contributed by atoms with Gasteiger partial charge < -0.3 is 9.73 Å². The highest BCUT2D eigenvalue weighted by atomic mass is 16.3. The minimum atomic E-state index is 0.467. The molecule has 0 radical (unpaired) electrons. The summed E-state index contributed by atoms with van der Waals surface area (Å²) in [5, 5.41) is 3.37. The van der Waals surface area contributed by atoms with Crippen LogP contribution in [0.4, 0.5) is 0 Å². The van der Waals surface area contributed by atoms with Crippen LogP contribution in [0.25, 0.3) is 0 Å².